The van der Waals surface area contributed by atoms with E-state index in [4.69, 9.17) is 47.4 Å². The Balaban J connectivity index is 0.884. The van der Waals surface area contributed by atoms with Crippen LogP contribution in [0.25, 0.3) is 0 Å². The molecule has 4 aliphatic carbocycles. The first-order valence-corrected chi connectivity index (χ1v) is 27.1. The lowest BCUT2D eigenvalue weighted by atomic mass is 9.45. The minimum Gasteiger partial charge on any atom is -0.394 e. The number of hydrogen-bond donors (Lipinski definition) is 15. The van der Waals surface area contributed by atoms with E-state index in [1.54, 1.807) is 6.92 Å². The number of allylic oxidation sites excluding steroid dienone is 1. The molecule has 0 radical (unpaired) electrons. The minimum atomic E-state index is -1.93. The number of ether oxygens (including phenoxy) is 10. The summed E-state index contributed by atoms with van der Waals surface area (Å²) < 4.78 is 61.8. The Morgan fingerprint density at radius 2 is 1.13 bits per heavy atom. The summed E-state index contributed by atoms with van der Waals surface area (Å²) in [6, 6.07) is 0. The molecule has 0 aromatic rings. The van der Waals surface area contributed by atoms with Gasteiger partial charge in [0, 0.05) is 35.0 Å². The van der Waals surface area contributed by atoms with Crippen molar-refractivity contribution in [2.24, 2.45) is 46.3 Å². The van der Waals surface area contributed by atoms with Crippen LogP contribution in [0.5, 0.6) is 0 Å². The zero-order valence-electron chi connectivity index (χ0n) is 43.5. The fraction of sp³-hybridized carbons (Fsp3) is 0.961. The fourth-order valence-corrected chi connectivity index (χ4v) is 15.7. The van der Waals surface area contributed by atoms with Crippen molar-refractivity contribution in [3.05, 3.63) is 11.6 Å². The van der Waals surface area contributed by atoms with Gasteiger partial charge in [-0.1, -0.05) is 39.3 Å². The summed E-state index contributed by atoms with van der Waals surface area (Å²) in [5, 5.41) is 165. The molecule has 6 heterocycles. The molecule has 436 valence electrons. The maximum Gasteiger partial charge on any atom is 0.200 e. The largest absolute Gasteiger partial charge is 0.394 e. The maximum absolute atomic E-state index is 12.7. The first-order chi connectivity index (χ1) is 35.8. The van der Waals surface area contributed by atoms with E-state index in [2.05, 4.69) is 13.0 Å². The van der Waals surface area contributed by atoms with Crippen LogP contribution in [0.2, 0.25) is 0 Å². The molecule has 25 nitrogen and oxygen atoms in total. The van der Waals surface area contributed by atoms with Gasteiger partial charge in [0.15, 0.2) is 30.9 Å². The second-order valence-corrected chi connectivity index (χ2v) is 24.2. The summed E-state index contributed by atoms with van der Waals surface area (Å²) in [6.45, 7) is 9.37. The molecule has 25 heteroatoms. The number of rotatable bonds is 10. The van der Waals surface area contributed by atoms with Gasteiger partial charge in [-0.25, -0.2) is 0 Å². The number of aliphatic hydroxyl groups is 15. The molecule has 0 aromatic heterocycles. The molecule has 15 N–H and O–H groups in total. The van der Waals surface area contributed by atoms with Crippen LogP contribution in [0.1, 0.15) is 73.6 Å². The molecule has 9 fully saturated rings. The molecule has 10 aliphatic rings. The lowest BCUT2D eigenvalue weighted by Gasteiger charge is -2.62. The van der Waals surface area contributed by atoms with E-state index in [9.17, 15) is 76.6 Å². The van der Waals surface area contributed by atoms with E-state index in [1.165, 1.54) is 6.92 Å². The summed E-state index contributed by atoms with van der Waals surface area (Å²) in [7, 11) is 0. The first kappa shape index (κ1) is 58.0. The van der Waals surface area contributed by atoms with Gasteiger partial charge >= 0.3 is 0 Å². The highest BCUT2D eigenvalue weighted by Gasteiger charge is 2.74. The van der Waals surface area contributed by atoms with E-state index in [-0.39, 0.29) is 43.1 Å². The Bertz CT molecular complexity index is 2060. The van der Waals surface area contributed by atoms with Crippen LogP contribution in [0, 0.1) is 46.3 Å². The third kappa shape index (κ3) is 9.11. The lowest BCUT2D eigenvalue weighted by molar-refractivity contribution is -0.388. The summed E-state index contributed by atoms with van der Waals surface area (Å²) in [6.07, 6.45) is -33.5. The van der Waals surface area contributed by atoms with Gasteiger partial charge in [0.05, 0.1) is 62.5 Å². The van der Waals surface area contributed by atoms with Crippen LogP contribution in [-0.2, 0) is 47.4 Å². The van der Waals surface area contributed by atoms with E-state index in [1.807, 2.05) is 20.8 Å². The second kappa shape index (κ2) is 21.5. The molecule has 76 heavy (non-hydrogen) atoms. The zero-order valence-corrected chi connectivity index (χ0v) is 43.5. The van der Waals surface area contributed by atoms with Crippen LogP contribution >= 0.6 is 0 Å². The number of fused-ring (bicyclic) bond motifs is 7. The van der Waals surface area contributed by atoms with Gasteiger partial charge < -0.3 is 124 Å². The van der Waals surface area contributed by atoms with Gasteiger partial charge in [0.2, 0.25) is 0 Å². The van der Waals surface area contributed by atoms with E-state index in [0.717, 1.165) is 5.57 Å². The topological polar surface area (TPSA) is 396 Å². The van der Waals surface area contributed by atoms with Gasteiger partial charge in [-0.05, 0) is 57.3 Å². The van der Waals surface area contributed by atoms with Crippen molar-refractivity contribution in [3.63, 3.8) is 0 Å². The molecular weight excluding hydrogens is 1010 g/mol. The van der Waals surface area contributed by atoms with Crippen molar-refractivity contribution in [1.82, 2.24) is 0 Å². The van der Waals surface area contributed by atoms with Gasteiger partial charge in [-0.15, -0.1) is 0 Å². The van der Waals surface area contributed by atoms with Crippen molar-refractivity contribution in [3.8, 4) is 0 Å². The average Bonchev–Trinajstić information content (AvgIpc) is 4.01. The van der Waals surface area contributed by atoms with Crippen molar-refractivity contribution in [1.29, 1.82) is 0 Å². The Labute approximate surface area is 439 Å². The summed E-state index contributed by atoms with van der Waals surface area (Å²) in [5.41, 5.74) is -0.788. The number of aliphatic hydroxyl groups excluding tert-OH is 15. The summed E-state index contributed by atoms with van der Waals surface area (Å²) in [4.78, 5) is 0. The van der Waals surface area contributed by atoms with E-state index < -0.39 is 201 Å². The Morgan fingerprint density at radius 1 is 0.566 bits per heavy atom. The van der Waals surface area contributed by atoms with Crippen LogP contribution in [0.4, 0.5) is 0 Å². The van der Waals surface area contributed by atoms with Crippen LogP contribution < -0.4 is 0 Å². The molecule has 0 unspecified atom stereocenters. The second-order valence-electron chi connectivity index (χ2n) is 24.2. The molecular formula is C51H82O25. The monoisotopic (exact) mass is 1090 g/mol. The van der Waals surface area contributed by atoms with Crippen LogP contribution in [0.15, 0.2) is 11.6 Å². The van der Waals surface area contributed by atoms with Gasteiger partial charge in [-0.2, -0.15) is 0 Å². The number of hydrogen-bond acceptors (Lipinski definition) is 25. The summed E-state index contributed by atoms with van der Waals surface area (Å²) in [5.74, 6) is -3.25. The predicted octanol–water partition coefficient (Wildman–Crippen LogP) is -5.05. The molecule has 0 amide bonds. The highest BCUT2D eigenvalue weighted by molar-refractivity contribution is 5.30. The zero-order chi connectivity index (χ0) is 55.0. The highest BCUT2D eigenvalue weighted by atomic mass is 16.8. The van der Waals surface area contributed by atoms with Crippen LogP contribution in [0.3, 0.4) is 0 Å². The molecule has 3 saturated carbocycles. The molecule has 6 aliphatic heterocycles. The molecule has 0 aromatic carbocycles. The quantitative estimate of drug-likeness (QED) is 0.0911. The van der Waals surface area contributed by atoms with Crippen molar-refractivity contribution < 1.29 is 124 Å². The Morgan fingerprint density at radius 3 is 1.79 bits per heavy atom. The lowest BCUT2D eigenvalue weighted by Crippen LogP contribution is -2.67. The Kier molecular flexibility index (Phi) is 16.4. The smallest absolute Gasteiger partial charge is 0.200 e. The molecule has 10 rings (SSSR count). The minimum absolute atomic E-state index is 0.0527. The predicted molar refractivity (Wildman–Crippen MR) is 251 cm³/mol. The molecule has 6 saturated heterocycles. The SMILES string of the molecule is C[C@@H]1CO[C@@]2(O[C@H]3C[C@H]4[C@@H]5CC=C6C[C@@H](O)C[C@@H](O[C@@H]7O[C@H](CO)[C@@H](O)[C@H](O)[C@H]7O[C@@H]7O[C@@H](C)[C@H](O)[C@@H](O[C@@H]8O[C@H](CO)[C@@H](O)[C@H](O)[C@H]8O)[C@H]7O)[C@]6(C)[C@H]5C[C@@H](O)[C@]4(C)[C@H]3[C@@H]2C)[C@@H](O)[C@H]1O[C@@H]1O[C@H](C)[C@H](O)[C@@H](O)[C@H]1O. The van der Waals surface area contributed by atoms with E-state index >= 15 is 0 Å². The Hall–Kier alpha value is -1.26. The molecule has 35 atom stereocenters. The van der Waals surface area contributed by atoms with Crippen molar-refractivity contribution >= 4 is 0 Å². The molecule has 0 bridgehead atoms. The third-order valence-corrected chi connectivity index (χ3v) is 20.1. The van der Waals surface area contributed by atoms with Crippen molar-refractivity contribution in [2.75, 3.05) is 19.8 Å². The summed E-state index contributed by atoms with van der Waals surface area (Å²) >= 11 is 0. The normalized spacial score (nSPS) is 59.3. The van der Waals surface area contributed by atoms with Crippen molar-refractivity contribution in [2.45, 2.75) is 239 Å². The molecule has 1 spiro atoms. The van der Waals surface area contributed by atoms with Crippen LogP contribution in [-0.4, -0.2) is 262 Å². The maximum atomic E-state index is 12.7. The fourth-order valence-electron chi connectivity index (χ4n) is 15.7. The van der Waals surface area contributed by atoms with Gasteiger partial charge in [0.1, 0.15) is 91.6 Å². The van der Waals surface area contributed by atoms with Gasteiger partial charge in [0.25, 0.3) is 0 Å². The van der Waals surface area contributed by atoms with Gasteiger partial charge in [-0.3, -0.25) is 0 Å². The first-order valence-electron chi connectivity index (χ1n) is 27.1. The average molecular weight is 1100 g/mol. The highest BCUT2D eigenvalue weighted by Crippen LogP contribution is 2.71. The van der Waals surface area contributed by atoms with E-state index in [0.29, 0.717) is 19.3 Å². The standard InChI is InChI=1S/C51H82O25/c1-16-15-67-51(44(66)41(16)73-45-38(63)35(60)31(56)18(3)68-45)17(2)30-25(76-51)11-23-22-8-7-20-9-21(54)10-29(49(20,5)24(22)12-28(55)50(23,30)6)72-48-43(37(62)34(59)27(14-53)71-48)75-47-40(65)42(32(57)19(4)69-47)74-46-39(64)36(61)33(58)26(13-52)70-46/h7,16-19,21-48,52-66H,8-15H2,1-6H3/t16-,17+,18-,19+,21-,22+,23+,24+,25+,26-,27-,28-,29-,30+,31+,32+,33-,34-,35-,36+,37+,38-,39-,40-,41+,42-,43-,44+,45+,46+,47+,48+,49+,50-,51+/m1/s1. The third-order valence-electron chi connectivity index (χ3n) is 20.1.